The molecular formula is C20H26N4O4. The molecule has 0 bridgehead atoms. The fraction of sp³-hybridized carbons (Fsp3) is 0.500. The summed E-state index contributed by atoms with van der Waals surface area (Å²) in [6.45, 7) is 6.67. The number of nitrogens with zero attached hydrogens (tertiary/aromatic N) is 3. The molecule has 1 aromatic rings. The minimum absolute atomic E-state index is 0.0701. The third kappa shape index (κ3) is 4.06. The van der Waals surface area contributed by atoms with Gasteiger partial charge in [0.15, 0.2) is 0 Å². The van der Waals surface area contributed by atoms with Gasteiger partial charge in [-0.3, -0.25) is 29.4 Å². The molecule has 0 aromatic heterocycles. The van der Waals surface area contributed by atoms with Gasteiger partial charge in [-0.05, 0) is 38.6 Å². The summed E-state index contributed by atoms with van der Waals surface area (Å²) in [4.78, 5) is 53.9. The molecule has 8 nitrogen and oxygen atoms in total. The Bertz CT molecular complexity index is 814. The van der Waals surface area contributed by atoms with Gasteiger partial charge in [0.25, 0.3) is 11.8 Å². The lowest BCUT2D eigenvalue weighted by Gasteiger charge is -2.34. The number of hydrogen-bond donors (Lipinski definition) is 1. The molecule has 2 aliphatic heterocycles. The Morgan fingerprint density at radius 3 is 2.36 bits per heavy atom. The van der Waals surface area contributed by atoms with Gasteiger partial charge in [0.2, 0.25) is 11.8 Å². The number of anilines is 1. The van der Waals surface area contributed by atoms with Crippen molar-refractivity contribution in [2.75, 3.05) is 38.1 Å². The second-order valence-electron chi connectivity index (χ2n) is 7.49. The first-order valence-corrected chi connectivity index (χ1v) is 9.53. The number of imide groups is 2. The van der Waals surface area contributed by atoms with E-state index in [1.165, 1.54) is 11.8 Å². The largest absolute Gasteiger partial charge is 0.369 e. The van der Waals surface area contributed by atoms with Crippen LogP contribution in [0.2, 0.25) is 0 Å². The Morgan fingerprint density at radius 2 is 1.71 bits per heavy atom. The highest BCUT2D eigenvalue weighted by atomic mass is 16.2. The highest BCUT2D eigenvalue weighted by Crippen LogP contribution is 2.30. The van der Waals surface area contributed by atoms with E-state index in [0.29, 0.717) is 17.5 Å². The van der Waals surface area contributed by atoms with Crippen LogP contribution in [0.1, 0.15) is 47.4 Å². The quantitative estimate of drug-likeness (QED) is 0.755. The van der Waals surface area contributed by atoms with Crippen molar-refractivity contribution in [2.45, 2.75) is 32.7 Å². The number of carbonyl (C=O) groups is 4. The van der Waals surface area contributed by atoms with E-state index in [4.69, 9.17) is 0 Å². The van der Waals surface area contributed by atoms with E-state index in [1.807, 2.05) is 6.07 Å². The van der Waals surface area contributed by atoms with Crippen LogP contribution in [0.25, 0.3) is 0 Å². The van der Waals surface area contributed by atoms with Crippen molar-refractivity contribution < 1.29 is 19.2 Å². The molecule has 1 fully saturated rings. The standard InChI is InChI=1S/C20H26N4O4/c1-13(4-7-18(26)21-14(2)25)24-19(27)16-6-5-15(12-17(16)20(24)28)23-10-8-22(3)9-11-23/h5-6,12-13H,4,7-11H2,1-3H3,(H,21,25,26). The summed E-state index contributed by atoms with van der Waals surface area (Å²) in [6, 6.07) is 4.98. The number of piperazine rings is 1. The number of benzene rings is 1. The van der Waals surface area contributed by atoms with Gasteiger partial charge in [0.05, 0.1) is 11.1 Å². The molecule has 0 radical (unpaired) electrons. The van der Waals surface area contributed by atoms with Crippen LogP contribution in [0.15, 0.2) is 18.2 Å². The van der Waals surface area contributed by atoms with Gasteiger partial charge >= 0.3 is 0 Å². The first-order chi connectivity index (χ1) is 13.3. The van der Waals surface area contributed by atoms with Crippen LogP contribution in [-0.2, 0) is 9.59 Å². The van der Waals surface area contributed by atoms with Crippen molar-refractivity contribution in [2.24, 2.45) is 0 Å². The summed E-state index contributed by atoms with van der Waals surface area (Å²) < 4.78 is 0. The first-order valence-electron chi connectivity index (χ1n) is 9.53. The molecule has 1 saturated heterocycles. The number of hydrogen-bond acceptors (Lipinski definition) is 6. The maximum atomic E-state index is 12.9. The highest BCUT2D eigenvalue weighted by molar-refractivity contribution is 6.22. The van der Waals surface area contributed by atoms with E-state index in [-0.39, 0.29) is 18.2 Å². The maximum absolute atomic E-state index is 12.9. The zero-order valence-electron chi connectivity index (χ0n) is 16.5. The molecule has 28 heavy (non-hydrogen) atoms. The molecule has 0 saturated carbocycles. The molecule has 4 amide bonds. The number of fused-ring (bicyclic) bond motifs is 1. The van der Waals surface area contributed by atoms with Gasteiger partial charge in [-0.2, -0.15) is 0 Å². The summed E-state index contributed by atoms with van der Waals surface area (Å²) in [6.07, 6.45) is 0.372. The molecule has 1 unspecified atom stereocenters. The molecular weight excluding hydrogens is 360 g/mol. The normalized spacial score (nSPS) is 18.2. The van der Waals surface area contributed by atoms with Gasteiger partial charge in [-0.1, -0.05) is 0 Å². The van der Waals surface area contributed by atoms with Gasteiger partial charge in [0.1, 0.15) is 0 Å². The molecule has 8 heteroatoms. The van der Waals surface area contributed by atoms with Gasteiger partial charge in [0, 0.05) is 51.3 Å². The van der Waals surface area contributed by atoms with E-state index in [1.54, 1.807) is 19.1 Å². The lowest BCUT2D eigenvalue weighted by Crippen LogP contribution is -2.44. The fourth-order valence-corrected chi connectivity index (χ4v) is 3.64. The van der Waals surface area contributed by atoms with Crippen LogP contribution in [0.5, 0.6) is 0 Å². The molecule has 150 valence electrons. The predicted octanol–water partition coefficient (Wildman–Crippen LogP) is 0.866. The van der Waals surface area contributed by atoms with Crippen molar-refractivity contribution in [3.63, 3.8) is 0 Å². The third-order valence-corrected chi connectivity index (χ3v) is 5.32. The van der Waals surface area contributed by atoms with Crippen molar-refractivity contribution in [3.8, 4) is 0 Å². The van der Waals surface area contributed by atoms with Crippen LogP contribution in [0, 0.1) is 0 Å². The van der Waals surface area contributed by atoms with Gasteiger partial charge < -0.3 is 9.80 Å². The second-order valence-corrected chi connectivity index (χ2v) is 7.49. The first kappa shape index (κ1) is 20.0. The van der Waals surface area contributed by atoms with E-state index in [2.05, 4.69) is 22.2 Å². The molecule has 1 N–H and O–H groups in total. The van der Waals surface area contributed by atoms with Crippen LogP contribution in [-0.4, -0.2) is 72.7 Å². The number of amides is 4. The number of nitrogens with one attached hydrogen (secondary N) is 1. The number of likely N-dealkylation sites (N-methyl/N-ethyl adjacent to an activating group) is 1. The Morgan fingerprint density at radius 1 is 1.07 bits per heavy atom. The zero-order valence-corrected chi connectivity index (χ0v) is 16.5. The van der Waals surface area contributed by atoms with Crippen molar-refractivity contribution in [1.82, 2.24) is 15.1 Å². The average Bonchev–Trinajstić information content (AvgIpc) is 2.90. The van der Waals surface area contributed by atoms with Crippen LogP contribution in [0.3, 0.4) is 0 Å². The van der Waals surface area contributed by atoms with E-state index < -0.39 is 17.9 Å². The monoisotopic (exact) mass is 386 g/mol. The Labute approximate surface area is 164 Å². The number of carbonyl (C=O) groups excluding carboxylic acids is 4. The third-order valence-electron chi connectivity index (χ3n) is 5.32. The van der Waals surface area contributed by atoms with Crippen molar-refractivity contribution in [3.05, 3.63) is 29.3 Å². The summed E-state index contributed by atoms with van der Waals surface area (Å²) in [5, 5.41) is 2.20. The molecule has 3 rings (SSSR count). The lowest BCUT2D eigenvalue weighted by atomic mass is 10.1. The smallest absolute Gasteiger partial charge is 0.261 e. The Hall–Kier alpha value is -2.74. The summed E-state index contributed by atoms with van der Waals surface area (Å²) in [5.74, 6) is -1.48. The van der Waals surface area contributed by atoms with E-state index in [9.17, 15) is 19.2 Å². The average molecular weight is 386 g/mol. The van der Waals surface area contributed by atoms with Gasteiger partial charge in [-0.15, -0.1) is 0 Å². The van der Waals surface area contributed by atoms with Crippen LogP contribution in [0.4, 0.5) is 5.69 Å². The Balaban J connectivity index is 1.70. The summed E-state index contributed by atoms with van der Waals surface area (Å²) in [7, 11) is 2.08. The van der Waals surface area contributed by atoms with E-state index >= 15 is 0 Å². The van der Waals surface area contributed by atoms with Crippen molar-refractivity contribution >= 4 is 29.3 Å². The molecule has 0 spiro atoms. The lowest BCUT2D eigenvalue weighted by molar-refractivity contribution is -0.129. The van der Waals surface area contributed by atoms with Crippen molar-refractivity contribution in [1.29, 1.82) is 0 Å². The van der Waals surface area contributed by atoms with E-state index in [0.717, 1.165) is 31.9 Å². The van der Waals surface area contributed by atoms with Crippen LogP contribution >= 0.6 is 0 Å². The second kappa shape index (κ2) is 8.10. The number of rotatable bonds is 5. The topological polar surface area (TPSA) is 90.0 Å². The fourth-order valence-electron chi connectivity index (χ4n) is 3.64. The summed E-state index contributed by atoms with van der Waals surface area (Å²) >= 11 is 0. The molecule has 0 aliphatic carbocycles. The Kier molecular flexibility index (Phi) is 5.79. The van der Waals surface area contributed by atoms with Crippen LogP contribution < -0.4 is 10.2 Å². The highest BCUT2D eigenvalue weighted by Gasteiger charge is 2.38. The minimum Gasteiger partial charge on any atom is -0.369 e. The van der Waals surface area contributed by atoms with Gasteiger partial charge in [-0.25, -0.2) is 0 Å². The molecule has 2 aliphatic rings. The maximum Gasteiger partial charge on any atom is 0.261 e. The molecule has 2 heterocycles. The molecule has 1 atom stereocenters. The minimum atomic E-state index is -0.433. The SMILES string of the molecule is CC(=O)NC(=O)CCC(C)N1C(=O)c2ccc(N3CCN(C)CC3)cc2C1=O. The summed E-state index contributed by atoms with van der Waals surface area (Å²) in [5.41, 5.74) is 1.77. The predicted molar refractivity (Wildman–Crippen MR) is 104 cm³/mol. The molecule has 1 aromatic carbocycles. The zero-order chi connectivity index (χ0) is 20.4.